The van der Waals surface area contributed by atoms with E-state index in [1.807, 2.05) is 6.92 Å². The zero-order chi connectivity index (χ0) is 21.1. The smallest absolute Gasteiger partial charge is 0.323 e. The van der Waals surface area contributed by atoms with E-state index in [1.54, 1.807) is 49.2 Å². The number of aromatic nitrogens is 1. The summed E-state index contributed by atoms with van der Waals surface area (Å²) in [6.07, 6.45) is 1.55. The Hall–Kier alpha value is -3.00. The topological polar surface area (TPSA) is 82.8 Å². The monoisotopic (exact) mass is 399 g/mol. The zero-order valence-electron chi connectivity index (χ0n) is 16.9. The predicted octanol–water partition coefficient (Wildman–Crippen LogP) is 2.80. The Morgan fingerprint density at radius 1 is 1.31 bits per heavy atom. The zero-order valence-corrected chi connectivity index (χ0v) is 16.9. The second kappa shape index (κ2) is 8.57. The molecule has 3 amide bonds. The number of rotatable bonds is 4. The summed E-state index contributed by atoms with van der Waals surface area (Å²) in [5.74, 6) is -0.434. The first-order chi connectivity index (χ1) is 13.8. The molecule has 0 aliphatic carbocycles. The molecule has 154 valence electrons. The van der Waals surface area contributed by atoms with Gasteiger partial charge in [0.25, 0.3) is 0 Å². The van der Waals surface area contributed by atoms with Gasteiger partial charge < -0.3 is 10.6 Å². The minimum absolute atomic E-state index is 0.0504. The molecular formula is C21H26FN5O2. The Kier molecular flexibility index (Phi) is 6.12. The van der Waals surface area contributed by atoms with Crippen molar-refractivity contribution in [3.63, 3.8) is 0 Å². The van der Waals surface area contributed by atoms with Gasteiger partial charge in [-0.2, -0.15) is 0 Å². The number of amides is 3. The van der Waals surface area contributed by atoms with Gasteiger partial charge in [-0.15, -0.1) is 0 Å². The lowest BCUT2D eigenvalue weighted by molar-refractivity contribution is -0.131. The Morgan fingerprint density at radius 2 is 2.07 bits per heavy atom. The van der Waals surface area contributed by atoms with Crippen LogP contribution in [0.2, 0.25) is 0 Å². The Labute approximate surface area is 169 Å². The number of aryl methyl sites for hydroxylation is 1. The maximum absolute atomic E-state index is 15.4. The average Bonchev–Trinajstić information content (AvgIpc) is 2.66. The van der Waals surface area contributed by atoms with Gasteiger partial charge in [0, 0.05) is 56.6 Å². The highest BCUT2D eigenvalue weighted by molar-refractivity contribution is 5.98. The van der Waals surface area contributed by atoms with Crippen LogP contribution in [0.15, 0.2) is 36.5 Å². The second-order valence-corrected chi connectivity index (χ2v) is 7.36. The number of nitrogens with two attached hydrogens (primary N) is 1. The van der Waals surface area contributed by atoms with Crippen molar-refractivity contribution in [1.82, 2.24) is 14.8 Å². The maximum atomic E-state index is 15.4. The number of pyridine rings is 1. The van der Waals surface area contributed by atoms with Crippen molar-refractivity contribution in [3.8, 4) is 0 Å². The fourth-order valence-electron chi connectivity index (χ4n) is 3.65. The molecule has 2 N–H and O–H groups in total. The summed E-state index contributed by atoms with van der Waals surface area (Å²) in [5.41, 5.74) is 7.31. The number of primary amides is 1. The first-order valence-corrected chi connectivity index (χ1v) is 9.57. The Balaban J connectivity index is 1.87. The van der Waals surface area contributed by atoms with Crippen molar-refractivity contribution >= 4 is 23.3 Å². The van der Waals surface area contributed by atoms with E-state index >= 15 is 4.39 Å². The summed E-state index contributed by atoms with van der Waals surface area (Å²) < 4.78 is 15.4. The molecule has 2 aromatic rings. The average molecular weight is 399 g/mol. The van der Waals surface area contributed by atoms with Crippen molar-refractivity contribution in [2.24, 2.45) is 5.73 Å². The highest BCUT2D eigenvalue weighted by Crippen LogP contribution is 2.30. The van der Waals surface area contributed by atoms with Crippen molar-refractivity contribution in [1.29, 1.82) is 0 Å². The highest BCUT2D eigenvalue weighted by Gasteiger charge is 2.27. The number of hydrogen-bond acceptors (Lipinski definition) is 4. The molecule has 1 saturated heterocycles. The standard InChI is InChI=1S/C21H26FN5O2/c1-14-11-18(7-8-24-14)27(21(23)29)19-6-4-5-17(20(19)22)13-25-9-10-26(16(3)28)12-15(25)2/h4-8,11,15H,9-10,12-13H2,1-3H3,(H2,23,29)/t15-/m1/s1. The number of carbonyl (C=O) groups excluding carboxylic acids is 2. The molecule has 8 heteroatoms. The third kappa shape index (κ3) is 4.54. The van der Waals surface area contributed by atoms with Crippen LogP contribution < -0.4 is 10.6 Å². The van der Waals surface area contributed by atoms with Crippen LogP contribution in [0.1, 0.15) is 25.1 Å². The number of nitrogens with zero attached hydrogens (tertiary/aromatic N) is 4. The summed E-state index contributed by atoms with van der Waals surface area (Å²) >= 11 is 0. The largest absolute Gasteiger partial charge is 0.351 e. The van der Waals surface area contributed by atoms with Crippen LogP contribution in [0.3, 0.4) is 0 Å². The van der Waals surface area contributed by atoms with Gasteiger partial charge >= 0.3 is 6.03 Å². The lowest BCUT2D eigenvalue weighted by Crippen LogP contribution is -2.52. The van der Waals surface area contributed by atoms with Gasteiger partial charge in [-0.25, -0.2) is 9.18 Å². The molecule has 2 heterocycles. The summed E-state index contributed by atoms with van der Waals surface area (Å²) in [6.45, 7) is 7.64. The maximum Gasteiger partial charge on any atom is 0.323 e. The van der Waals surface area contributed by atoms with Crippen LogP contribution in [0.4, 0.5) is 20.6 Å². The summed E-state index contributed by atoms with van der Waals surface area (Å²) in [7, 11) is 0. The first kappa shape index (κ1) is 20.7. The summed E-state index contributed by atoms with van der Waals surface area (Å²) in [6, 6.07) is 7.60. The van der Waals surface area contributed by atoms with E-state index in [-0.39, 0.29) is 17.6 Å². The molecule has 0 spiro atoms. The van der Waals surface area contributed by atoms with Gasteiger partial charge in [-0.1, -0.05) is 12.1 Å². The Bertz CT molecular complexity index is 920. The van der Waals surface area contributed by atoms with E-state index < -0.39 is 11.8 Å². The quantitative estimate of drug-likeness (QED) is 0.857. The number of piperazine rings is 1. The third-order valence-corrected chi connectivity index (χ3v) is 5.24. The van der Waals surface area contributed by atoms with Crippen LogP contribution in [0, 0.1) is 12.7 Å². The molecule has 0 radical (unpaired) electrons. The molecule has 1 aromatic heterocycles. The number of urea groups is 1. The number of carbonyl (C=O) groups is 2. The van der Waals surface area contributed by atoms with Crippen LogP contribution in [0.5, 0.6) is 0 Å². The molecular weight excluding hydrogens is 373 g/mol. The third-order valence-electron chi connectivity index (χ3n) is 5.24. The first-order valence-electron chi connectivity index (χ1n) is 9.57. The molecule has 0 unspecified atom stereocenters. The highest BCUT2D eigenvalue weighted by atomic mass is 19.1. The molecule has 1 aliphatic heterocycles. The molecule has 0 saturated carbocycles. The fourth-order valence-corrected chi connectivity index (χ4v) is 3.65. The summed E-state index contributed by atoms with van der Waals surface area (Å²) in [5, 5.41) is 0. The van der Waals surface area contributed by atoms with Crippen molar-refractivity contribution < 1.29 is 14.0 Å². The van der Waals surface area contributed by atoms with E-state index in [0.717, 1.165) is 4.90 Å². The van der Waals surface area contributed by atoms with E-state index in [1.165, 1.54) is 6.07 Å². The van der Waals surface area contributed by atoms with Crippen LogP contribution in [0.25, 0.3) is 0 Å². The Morgan fingerprint density at radius 3 is 2.69 bits per heavy atom. The molecule has 7 nitrogen and oxygen atoms in total. The van der Waals surface area contributed by atoms with Crippen LogP contribution >= 0.6 is 0 Å². The molecule has 29 heavy (non-hydrogen) atoms. The lowest BCUT2D eigenvalue weighted by atomic mass is 10.1. The van der Waals surface area contributed by atoms with Gasteiger partial charge in [0.05, 0.1) is 11.4 Å². The SMILES string of the molecule is CC(=O)N1CCN(Cc2cccc(N(C(N)=O)c3ccnc(C)c3)c2F)[C@H](C)C1. The minimum atomic E-state index is -0.768. The van der Waals surface area contributed by atoms with Crippen molar-refractivity contribution in [2.75, 3.05) is 24.5 Å². The van der Waals surface area contributed by atoms with Crippen molar-refractivity contribution in [3.05, 3.63) is 53.6 Å². The number of anilines is 2. The fraction of sp³-hybridized carbons (Fsp3) is 0.381. The number of benzene rings is 1. The second-order valence-electron chi connectivity index (χ2n) is 7.36. The summed E-state index contributed by atoms with van der Waals surface area (Å²) in [4.78, 5) is 32.9. The molecule has 1 aliphatic rings. The lowest BCUT2D eigenvalue weighted by Gasteiger charge is -2.39. The van der Waals surface area contributed by atoms with E-state index in [9.17, 15) is 9.59 Å². The molecule has 0 bridgehead atoms. The van der Waals surface area contributed by atoms with Gasteiger partial charge in [-0.05, 0) is 32.0 Å². The van der Waals surface area contributed by atoms with Crippen LogP contribution in [-0.4, -0.2) is 52.4 Å². The van der Waals surface area contributed by atoms with Gasteiger partial charge in [0.2, 0.25) is 5.91 Å². The van der Waals surface area contributed by atoms with Crippen LogP contribution in [-0.2, 0) is 11.3 Å². The van der Waals surface area contributed by atoms with E-state index in [2.05, 4.69) is 9.88 Å². The molecule has 1 atom stereocenters. The normalized spacial score (nSPS) is 17.2. The minimum Gasteiger partial charge on any atom is -0.351 e. The number of halogens is 1. The molecule has 1 aromatic carbocycles. The van der Waals surface area contributed by atoms with Gasteiger partial charge in [0.1, 0.15) is 0 Å². The van der Waals surface area contributed by atoms with E-state index in [4.69, 9.17) is 5.73 Å². The van der Waals surface area contributed by atoms with Gasteiger partial charge in [0.15, 0.2) is 5.82 Å². The molecule has 1 fully saturated rings. The predicted molar refractivity (Wildman–Crippen MR) is 109 cm³/mol. The number of hydrogen-bond donors (Lipinski definition) is 1. The van der Waals surface area contributed by atoms with Crippen molar-refractivity contribution in [2.45, 2.75) is 33.4 Å². The van der Waals surface area contributed by atoms with Gasteiger partial charge in [-0.3, -0.25) is 19.6 Å². The van der Waals surface area contributed by atoms with E-state index in [0.29, 0.717) is 43.1 Å². The molecule has 3 rings (SSSR count).